The summed E-state index contributed by atoms with van der Waals surface area (Å²) in [5, 5.41) is 13.2. The third-order valence-electron chi connectivity index (χ3n) is 5.99. The monoisotopic (exact) mass is 474 g/mol. The van der Waals surface area contributed by atoms with Gasteiger partial charge < -0.3 is 25.6 Å². The Balaban J connectivity index is 2.06. The molecule has 0 unspecified atom stereocenters. The van der Waals surface area contributed by atoms with Crippen molar-refractivity contribution < 1.29 is 24.2 Å². The fourth-order valence-corrected chi connectivity index (χ4v) is 4.38. The minimum absolute atomic E-state index is 0.305. The lowest BCUT2D eigenvalue weighted by Crippen LogP contribution is -2.28. The van der Waals surface area contributed by atoms with Gasteiger partial charge in [0.15, 0.2) is 11.9 Å². The van der Waals surface area contributed by atoms with Gasteiger partial charge in [0, 0.05) is 16.8 Å². The topological polar surface area (TPSA) is 111 Å². The molecule has 3 aromatic rings. The molecule has 3 aromatic carbocycles. The van der Waals surface area contributed by atoms with Gasteiger partial charge in [0.25, 0.3) is 5.91 Å². The number of hydrogen-bond donors (Lipinski definition) is 3. The van der Waals surface area contributed by atoms with Crippen LogP contribution in [0.3, 0.4) is 0 Å². The van der Waals surface area contributed by atoms with Gasteiger partial charge in [-0.2, -0.15) is 0 Å². The molecule has 7 heteroatoms. The van der Waals surface area contributed by atoms with Gasteiger partial charge in [0.05, 0.1) is 16.9 Å². The number of nitrogen functional groups attached to an aromatic ring is 1. The highest BCUT2D eigenvalue weighted by Crippen LogP contribution is 2.49. The van der Waals surface area contributed by atoms with Gasteiger partial charge in [-0.3, -0.25) is 4.79 Å². The van der Waals surface area contributed by atoms with Crippen molar-refractivity contribution in [2.75, 3.05) is 11.1 Å². The van der Waals surface area contributed by atoms with Crippen LogP contribution in [0.25, 0.3) is 11.1 Å². The third kappa shape index (κ3) is 4.59. The zero-order valence-electron chi connectivity index (χ0n) is 20.8. The molecule has 1 aliphatic rings. The zero-order valence-corrected chi connectivity index (χ0v) is 20.8. The number of carboxylic acid groups (broad SMARTS) is 1. The lowest BCUT2D eigenvalue weighted by atomic mass is 9.86. The van der Waals surface area contributed by atoms with Crippen LogP contribution in [-0.4, -0.2) is 22.6 Å². The van der Waals surface area contributed by atoms with E-state index in [2.05, 4.69) is 5.32 Å². The SMILES string of the molecule is Cc1ccc(-c2c(C)c3c(c(C)c2[C@H](OC(C)(C)C)C(=O)O)NC(=O)c2cc(N)ccc2O3)cc1. The van der Waals surface area contributed by atoms with E-state index in [0.717, 1.165) is 11.1 Å². The Morgan fingerprint density at radius 1 is 1.06 bits per heavy atom. The van der Waals surface area contributed by atoms with Crippen molar-refractivity contribution in [1.29, 1.82) is 0 Å². The van der Waals surface area contributed by atoms with E-state index in [1.165, 1.54) is 0 Å². The summed E-state index contributed by atoms with van der Waals surface area (Å²) < 4.78 is 12.4. The van der Waals surface area contributed by atoms with E-state index < -0.39 is 17.7 Å². The van der Waals surface area contributed by atoms with Crippen molar-refractivity contribution in [1.82, 2.24) is 0 Å². The molecule has 0 saturated carbocycles. The summed E-state index contributed by atoms with van der Waals surface area (Å²) >= 11 is 0. The van der Waals surface area contributed by atoms with Gasteiger partial charge in [-0.15, -0.1) is 0 Å². The van der Waals surface area contributed by atoms with Gasteiger partial charge in [-0.25, -0.2) is 4.79 Å². The minimum atomic E-state index is -1.27. The first-order valence-electron chi connectivity index (χ1n) is 11.4. The number of anilines is 2. The third-order valence-corrected chi connectivity index (χ3v) is 5.99. The van der Waals surface area contributed by atoms with E-state index in [1.807, 2.05) is 58.9 Å². The van der Waals surface area contributed by atoms with Crippen LogP contribution in [-0.2, 0) is 9.53 Å². The van der Waals surface area contributed by atoms with Gasteiger partial charge in [-0.05, 0) is 76.4 Å². The molecule has 4 rings (SSSR count). The molecule has 35 heavy (non-hydrogen) atoms. The van der Waals surface area contributed by atoms with Gasteiger partial charge in [0.2, 0.25) is 0 Å². The Kier molecular flexibility index (Phi) is 6.07. The van der Waals surface area contributed by atoms with E-state index in [-0.39, 0.29) is 5.91 Å². The van der Waals surface area contributed by atoms with Crippen LogP contribution in [0.1, 0.15) is 59.5 Å². The van der Waals surface area contributed by atoms with Crippen molar-refractivity contribution in [2.24, 2.45) is 0 Å². The van der Waals surface area contributed by atoms with E-state index in [0.29, 0.717) is 50.7 Å². The summed E-state index contributed by atoms with van der Waals surface area (Å²) in [5.41, 5.74) is 10.7. The highest BCUT2D eigenvalue weighted by molar-refractivity contribution is 6.09. The number of nitrogens with one attached hydrogen (secondary N) is 1. The molecule has 1 heterocycles. The predicted molar refractivity (Wildman–Crippen MR) is 136 cm³/mol. The molecule has 0 saturated heterocycles. The van der Waals surface area contributed by atoms with Crippen molar-refractivity contribution >= 4 is 23.3 Å². The molecular weight excluding hydrogens is 444 g/mol. The van der Waals surface area contributed by atoms with Crippen LogP contribution in [0.2, 0.25) is 0 Å². The second-order valence-corrected chi connectivity index (χ2v) is 9.87. The van der Waals surface area contributed by atoms with Gasteiger partial charge in [-0.1, -0.05) is 29.8 Å². The summed E-state index contributed by atoms with van der Waals surface area (Å²) in [6.45, 7) is 11.1. The first kappa shape index (κ1) is 24.3. The number of benzene rings is 3. The van der Waals surface area contributed by atoms with Crippen LogP contribution < -0.4 is 15.8 Å². The Morgan fingerprint density at radius 3 is 2.31 bits per heavy atom. The molecular formula is C28H30N2O5. The second kappa shape index (κ2) is 8.74. The summed E-state index contributed by atoms with van der Waals surface area (Å²) in [6, 6.07) is 12.7. The Hall–Kier alpha value is -3.84. The number of ether oxygens (including phenoxy) is 2. The number of aryl methyl sites for hydroxylation is 1. The van der Waals surface area contributed by atoms with Crippen molar-refractivity contribution in [3.05, 3.63) is 70.3 Å². The van der Waals surface area contributed by atoms with Crippen LogP contribution in [0, 0.1) is 20.8 Å². The molecule has 182 valence electrons. The van der Waals surface area contributed by atoms with Crippen molar-refractivity contribution in [3.8, 4) is 22.6 Å². The molecule has 0 aromatic heterocycles. The maximum absolute atomic E-state index is 13.1. The van der Waals surface area contributed by atoms with Gasteiger partial charge in [0.1, 0.15) is 5.75 Å². The van der Waals surface area contributed by atoms with Crippen LogP contribution >= 0.6 is 0 Å². The number of hydrogen-bond acceptors (Lipinski definition) is 5. The van der Waals surface area contributed by atoms with E-state index in [4.69, 9.17) is 15.2 Å². The molecule has 1 atom stereocenters. The molecule has 4 N–H and O–H groups in total. The molecule has 1 amide bonds. The fraction of sp³-hybridized carbons (Fsp3) is 0.286. The number of carbonyl (C=O) groups excluding carboxylic acids is 1. The molecule has 0 spiro atoms. The predicted octanol–water partition coefficient (Wildman–Crippen LogP) is 6.16. The number of aliphatic carboxylic acids is 1. The molecule has 7 nitrogen and oxygen atoms in total. The fourth-order valence-electron chi connectivity index (χ4n) is 4.38. The lowest BCUT2D eigenvalue weighted by molar-refractivity contribution is -0.160. The minimum Gasteiger partial charge on any atom is -0.479 e. The zero-order chi connectivity index (χ0) is 25.7. The molecule has 0 radical (unpaired) electrons. The second-order valence-electron chi connectivity index (χ2n) is 9.87. The van der Waals surface area contributed by atoms with Crippen LogP contribution in [0.5, 0.6) is 11.5 Å². The number of fused-ring (bicyclic) bond motifs is 2. The van der Waals surface area contributed by atoms with Crippen molar-refractivity contribution in [2.45, 2.75) is 53.2 Å². The number of nitrogens with two attached hydrogens (primary N) is 1. The Labute approximate surface area is 204 Å². The maximum Gasteiger partial charge on any atom is 0.337 e. The molecule has 0 aliphatic carbocycles. The summed E-state index contributed by atoms with van der Waals surface area (Å²) in [5.74, 6) is -0.668. The molecule has 0 bridgehead atoms. The Morgan fingerprint density at radius 2 is 1.71 bits per heavy atom. The Bertz CT molecular complexity index is 1340. The van der Waals surface area contributed by atoms with Gasteiger partial charge >= 0.3 is 5.97 Å². The summed E-state index contributed by atoms with van der Waals surface area (Å²) in [4.78, 5) is 25.7. The summed E-state index contributed by atoms with van der Waals surface area (Å²) in [6.07, 6.45) is -1.27. The van der Waals surface area contributed by atoms with Crippen LogP contribution in [0.15, 0.2) is 42.5 Å². The number of rotatable bonds is 4. The average Bonchev–Trinajstić information content (AvgIpc) is 2.91. The van der Waals surface area contributed by atoms with E-state index in [1.54, 1.807) is 25.1 Å². The lowest BCUT2D eigenvalue weighted by Gasteiger charge is -2.30. The largest absolute Gasteiger partial charge is 0.479 e. The summed E-state index contributed by atoms with van der Waals surface area (Å²) in [7, 11) is 0. The molecule has 1 aliphatic heterocycles. The number of carbonyl (C=O) groups is 2. The van der Waals surface area contributed by atoms with Crippen molar-refractivity contribution in [3.63, 3.8) is 0 Å². The normalized spacial score (nSPS) is 13.7. The average molecular weight is 475 g/mol. The quantitative estimate of drug-likeness (QED) is 0.391. The number of amides is 1. The maximum atomic E-state index is 13.1. The van der Waals surface area contributed by atoms with Crippen LogP contribution in [0.4, 0.5) is 11.4 Å². The first-order valence-corrected chi connectivity index (χ1v) is 11.4. The highest BCUT2D eigenvalue weighted by Gasteiger charge is 2.35. The standard InChI is InChI=1S/C28H30N2O5/c1-14-7-9-17(10-8-14)21-16(3)24-23(15(2)22(21)25(27(32)33)35-28(4,5)6)30-26(31)19-13-18(29)11-12-20(19)34-24/h7-13,25H,29H2,1-6H3,(H,30,31)(H,32,33)/t25-/m0/s1. The van der Waals surface area contributed by atoms with E-state index >= 15 is 0 Å². The van der Waals surface area contributed by atoms with E-state index in [9.17, 15) is 14.7 Å². The smallest absolute Gasteiger partial charge is 0.337 e. The number of carboxylic acids is 1. The molecule has 0 fully saturated rings. The first-order chi connectivity index (χ1) is 16.4. The highest BCUT2D eigenvalue weighted by atomic mass is 16.5.